The average Bonchev–Trinajstić information content (AvgIpc) is 2.12. The van der Waals surface area contributed by atoms with E-state index in [1.807, 2.05) is 0 Å². The van der Waals surface area contributed by atoms with Crippen molar-refractivity contribution in [1.82, 2.24) is 5.32 Å². The summed E-state index contributed by atoms with van der Waals surface area (Å²) in [6.07, 6.45) is 0.856. The highest BCUT2D eigenvalue weighted by atomic mass is 16.6. The van der Waals surface area contributed by atoms with E-state index in [1.54, 1.807) is 27.7 Å². The molecule has 6 heteroatoms. The molecule has 0 aliphatic carbocycles. The second-order valence-electron chi connectivity index (χ2n) is 5.31. The van der Waals surface area contributed by atoms with Crippen molar-refractivity contribution in [3.05, 3.63) is 0 Å². The predicted molar refractivity (Wildman–Crippen MR) is 68.0 cm³/mol. The summed E-state index contributed by atoms with van der Waals surface area (Å²) in [6.45, 7) is 7.05. The number of hydrogen-bond donors (Lipinski definition) is 3. The first-order valence-corrected chi connectivity index (χ1v) is 5.86. The van der Waals surface area contributed by atoms with Crippen LogP contribution in [0.5, 0.6) is 0 Å². The molecule has 0 rings (SSSR count). The Morgan fingerprint density at radius 3 is 2.39 bits per heavy atom. The van der Waals surface area contributed by atoms with Crippen molar-refractivity contribution >= 4 is 18.3 Å². The molecule has 0 aliphatic rings. The van der Waals surface area contributed by atoms with E-state index >= 15 is 0 Å². The molecular weight excluding hydrogens is 236 g/mol. The van der Waals surface area contributed by atoms with Crippen molar-refractivity contribution in [1.29, 1.82) is 5.41 Å². The van der Waals surface area contributed by atoms with Crippen LogP contribution in [0.3, 0.4) is 0 Å². The van der Waals surface area contributed by atoms with Gasteiger partial charge in [-0.1, -0.05) is 0 Å². The number of amides is 1. The first-order valence-electron chi connectivity index (χ1n) is 5.86. The largest absolute Gasteiger partial charge is 0.481 e. The third-order valence-electron chi connectivity index (χ3n) is 2.09. The SMILES string of the molecule is CC(CC(C=N)CC(=O)O)NC(=O)OC(C)(C)C. The zero-order chi connectivity index (χ0) is 14.3. The quantitative estimate of drug-likeness (QED) is 0.635. The molecule has 104 valence electrons. The van der Waals surface area contributed by atoms with Gasteiger partial charge in [-0.15, -0.1) is 0 Å². The predicted octanol–water partition coefficient (Wildman–Crippen LogP) is 2.03. The van der Waals surface area contributed by atoms with Crippen molar-refractivity contribution < 1.29 is 19.4 Å². The van der Waals surface area contributed by atoms with E-state index in [-0.39, 0.29) is 18.4 Å². The maximum atomic E-state index is 11.5. The van der Waals surface area contributed by atoms with Crippen molar-refractivity contribution in [3.8, 4) is 0 Å². The van der Waals surface area contributed by atoms with Gasteiger partial charge in [-0.2, -0.15) is 0 Å². The third kappa shape index (κ3) is 8.55. The smallest absolute Gasteiger partial charge is 0.407 e. The lowest BCUT2D eigenvalue weighted by Gasteiger charge is -2.23. The lowest BCUT2D eigenvalue weighted by molar-refractivity contribution is -0.137. The van der Waals surface area contributed by atoms with Crippen molar-refractivity contribution in [2.45, 2.75) is 52.2 Å². The van der Waals surface area contributed by atoms with Crippen LogP contribution in [0.2, 0.25) is 0 Å². The van der Waals surface area contributed by atoms with Crippen molar-refractivity contribution in [2.24, 2.45) is 5.92 Å². The summed E-state index contributed by atoms with van der Waals surface area (Å²) < 4.78 is 5.08. The number of alkyl carbamates (subject to hydrolysis) is 1. The zero-order valence-corrected chi connectivity index (χ0v) is 11.3. The molecule has 0 radical (unpaired) electrons. The van der Waals surface area contributed by atoms with Crippen LogP contribution in [0.1, 0.15) is 40.5 Å². The molecule has 0 fully saturated rings. The Morgan fingerprint density at radius 1 is 1.44 bits per heavy atom. The lowest BCUT2D eigenvalue weighted by Crippen LogP contribution is -2.38. The van der Waals surface area contributed by atoms with Crippen LogP contribution in [0.25, 0.3) is 0 Å². The Labute approximate surface area is 107 Å². The highest BCUT2D eigenvalue weighted by molar-refractivity contribution is 5.72. The fraction of sp³-hybridized carbons (Fsp3) is 0.750. The maximum Gasteiger partial charge on any atom is 0.407 e. The van der Waals surface area contributed by atoms with Gasteiger partial charge in [0.05, 0.1) is 6.42 Å². The summed E-state index contributed by atoms with van der Waals surface area (Å²) in [5, 5.41) is 18.4. The molecule has 0 aromatic rings. The van der Waals surface area contributed by atoms with E-state index < -0.39 is 17.7 Å². The topological polar surface area (TPSA) is 99.5 Å². The molecule has 2 unspecified atom stereocenters. The fourth-order valence-corrected chi connectivity index (χ4v) is 1.46. The van der Waals surface area contributed by atoms with E-state index in [2.05, 4.69) is 5.32 Å². The van der Waals surface area contributed by atoms with Gasteiger partial charge in [0.1, 0.15) is 5.60 Å². The van der Waals surface area contributed by atoms with Gasteiger partial charge in [0.15, 0.2) is 0 Å². The Hall–Kier alpha value is -1.59. The molecule has 0 saturated heterocycles. The lowest BCUT2D eigenvalue weighted by atomic mass is 9.99. The van der Waals surface area contributed by atoms with Gasteiger partial charge >= 0.3 is 12.1 Å². The molecule has 0 bridgehead atoms. The molecule has 6 nitrogen and oxygen atoms in total. The number of aliphatic carboxylic acids is 1. The molecule has 0 spiro atoms. The van der Waals surface area contributed by atoms with E-state index in [0.29, 0.717) is 6.42 Å². The number of carbonyl (C=O) groups excluding carboxylic acids is 1. The normalized spacial score (nSPS) is 14.4. The average molecular weight is 258 g/mol. The molecule has 18 heavy (non-hydrogen) atoms. The summed E-state index contributed by atoms with van der Waals surface area (Å²) in [6, 6.07) is -0.245. The Bertz CT molecular complexity index is 310. The van der Waals surface area contributed by atoms with E-state index in [9.17, 15) is 9.59 Å². The van der Waals surface area contributed by atoms with Crippen LogP contribution in [0.15, 0.2) is 0 Å². The van der Waals surface area contributed by atoms with Gasteiger partial charge in [0.25, 0.3) is 0 Å². The van der Waals surface area contributed by atoms with Gasteiger partial charge in [-0.3, -0.25) is 4.79 Å². The van der Waals surface area contributed by atoms with E-state index in [1.165, 1.54) is 0 Å². The molecule has 2 atom stereocenters. The van der Waals surface area contributed by atoms with Gasteiger partial charge in [-0.05, 0) is 40.3 Å². The van der Waals surface area contributed by atoms with Crippen LogP contribution in [-0.2, 0) is 9.53 Å². The summed E-state index contributed by atoms with van der Waals surface area (Å²) in [5.74, 6) is -1.33. The van der Waals surface area contributed by atoms with Crippen LogP contribution in [0.4, 0.5) is 4.79 Å². The van der Waals surface area contributed by atoms with Crippen LogP contribution >= 0.6 is 0 Å². The van der Waals surface area contributed by atoms with Gasteiger partial charge in [0, 0.05) is 12.0 Å². The molecule has 1 amide bonds. The minimum absolute atomic E-state index is 0.107. The number of carboxylic acids is 1. The second-order valence-corrected chi connectivity index (χ2v) is 5.31. The van der Waals surface area contributed by atoms with Gasteiger partial charge < -0.3 is 20.6 Å². The first kappa shape index (κ1) is 16.4. The Morgan fingerprint density at radius 2 is 2.00 bits per heavy atom. The summed E-state index contributed by atoms with van der Waals surface area (Å²) in [7, 11) is 0. The molecule has 0 heterocycles. The zero-order valence-electron chi connectivity index (χ0n) is 11.3. The highest BCUT2D eigenvalue weighted by Gasteiger charge is 2.20. The molecule has 3 N–H and O–H groups in total. The number of nitrogens with one attached hydrogen (secondary N) is 2. The first-order chi connectivity index (χ1) is 8.14. The molecule has 0 aromatic carbocycles. The molecule has 0 aromatic heterocycles. The minimum Gasteiger partial charge on any atom is -0.481 e. The van der Waals surface area contributed by atoms with E-state index in [4.69, 9.17) is 15.3 Å². The monoisotopic (exact) mass is 258 g/mol. The number of ether oxygens (including phenoxy) is 1. The Kier molecular flexibility index (Phi) is 6.36. The maximum absolute atomic E-state index is 11.5. The molecular formula is C12H22N2O4. The van der Waals surface area contributed by atoms with Crippen LogP contribution in [0, 0.1) is 11.3 Å². The Balaban J connectivity index is 4.16. The summed E-state index contributed by atoms with van der Waals surface area (Å²) in [4.78, 5) is 22.0. The van der Waals surface area contributed by atoms with Crippen molar-refractivity contribution in [3.63, 3.8) is 0 Å². The minimum atomic E-state index is -0.951. The van der Waals surface area contributed by atoms with Gasteiger partial charge in [0.2, 0.25) is 0 Å². The standard InChI is InChI=1S/C12H22N2O4/c1-8(5-9(7-13)6-10(15)16)14-11(17)18-12(2,3)4/h7-9,13H,5-6H2,1-4H3,(H,14,17)(H,15,16). The van der Waals surface area contributed by atoms with Crippen LogP contribution in [-0.4, -0.2) is 35.0 Å². The van der Waals surface area contributed by atoms with E-state index in [0.717, 1.165) is 6.21 Å². The molecule has 0 aliphatic heterocycles. The fourth-order valence-electron chi connectivity index (χ4n) is 1.46. The number of rotatable bonds is 6. The van der Waals surface area contributed by atoms with Crippen molar-refractivity contribution in [2.75, 3.05) is 0 Å². The van der Waals surface area contributed by atoms with Gasteiger partial charge in [-0.25, -0.2) is 4.79 Å². The second kappa shape index (κ2) is 6.98. The number of hydrogen-bond acceptors (Lipinski definition) is 4. The highest BCUT2D eigenvalue weighted by Crippen LogP contribution is 2.11. The number of carbonyl (C=O) groups is 2. The summed E-state index contributed by atoms with van der Waals surface area (Å²) in [5.41, 5.74) is -0.564. The third-order valence-corrected chi connectivity index (χ3v) is 2.09. The number of carboxylic acid groups (broad SMARTS) is 1. The van der Waals surface area contributed by atoms with Crippen LogP contribution < -0.4 is 5.32 Å². The molecule has 0 saturated carbocycles. The summed E-state index contributed by atoms with van der Waals surface area (Å²) >= 11 is 0.